The minimum Gasteiger partial charge on any atom is -0.482 e. The van der Waals surface area contributed by atoms with E-state index >= 15 is 0 Å². The van der Waals surface area contributed by atoms with Gasteiger partial charge in [0.05, 0.1) is 5.02 Å². The van der Waals surface area contributed by atoms with Gasteiger partial charge in [0.2, 0.25) is 0 Å². The number of benzene rings is 1. The summed E-state index contributed by atoms with van der Waals surface area (Å²) in [7, 11) is 0. The number of nitrogens with one attached hydrogen (secondary N) is 2. The first-order chi connectivity index (χ1) is 9.69. The second-order valence-corrected chi connectivity index (χ2v) is 6.76. The Bertz CT molecular complexity index is 482. The summed E-state index contributed by atoms with van der Waals surface area (Å²) in [5.74, 6) is 0.404. The Morgan fingerprint density at radius 2 is 2.00 bits per heavy atom. The van der Waals surface area contributed by atoms with Gasteiger partial charge in [0.25, 0.3) is 5.91 Å². The summed E-state index contributed by atoms with van der Waals surface area (Å²) in [5.41, 5.74) is 0.669. The molecule has 0 saturated heterocycles. The molecule has 0 bridgehead atoms. The van der Waals surface area contributed by atoms with Gasteiger partial charge in [0.15, 0.2) is 6.61 Å². The normalized spacial score (nSPS) is 11.6. The SMILES string of the molecule is CC(C)NCc1cccc(Cl)c1OCC(=O)NC(C)(C)C. The third kappa shape index (κ3) is 6.82. The lowest BCUT2D eigenvalue weighted by Gasteiger charge is -2.21. The van der Waals surface area contributed by atoms with Crippen molar-refractivity contribution in [2.24, 2.45) is 0 Å². The number of halogens is 1. The third-order valence-electron chi connectivity index (χ3n) is 2.61. The van der Waals surface area contributed by atoms with Gasteiger partial charge >= 0.3 is 0 Å². The maximum absolute atomic E-state index is 11.8. The molecule has 0 aliphatic carbocycles. The Labute approximate surface area is 132 Å². The highest BCUT2D eigenvalue weighted by Crippen LogP contribution is 2.28. The highest BCUT2D eigenvalue weighted by atomic mass is 35.5. The van der Waals surface area contributed by atoms with E-state index in [0.29, 0.717) is 23.4 Å². The number of amides is 1. The Kier molecular flexibility index (Phi) is 6.49. The average molecular weight is 313 g/mol. The standard InChI is InChI=1S/C16H25ClN2O2/c1-11(2)18-9-12-7-6-8-13(17)15(12)21-10-14(20)19-16(3,4)5/h6-8,11,18H,9-10H2,1-5H3,(H,19,20). The number of ether oxygens (including phenoxy) is 1. The fourth-order valence-corrected chi connectivity index (χ4v) is 2.01. The molecule has 1 aromatic rings. The van der Waals surface area contributed by atoms with Gasteiger partial charge < -0.3 is 15.4 Å². The molecule has 0 unspecified atom stereocenters. The first-order valence-corrected chi connectivity index (χ1v) is 7.51. The van der Waals surface area contributed by atoms with E-state index in [0.717, 1.165) is 5.56 Å². The molecule has 1 amide bonds. The largest absolute Gasteiger partial charge is 0.482 e. The minimum absolute atomic E-state index is 0.0460. The molecule has 0 atom stereocenters. The molecule has 0 spiro atoms. The number of rotatable bonds is 6. The van der Waals surface area contributed by atoms with Crippen molar-refractivity contribution < 1.29 is 9.53 Å². The summed E-state index contributed by atoms with van der Waals surface area (Å²) in [6.07, 6.45) is 0. The van der Waals surface area contributed by atoms with Crippen molar-refractivity contribution in [3.05, 3.63) is 28.8 Å². The Morgan fingerprint density at radius 3 is 2.57 bits per heavy atom. The van der Waals surface area contributed by atoms with Gasteiger partial charge in [-0.3, -0.25) is 4.79 Å². The molecule has 4 nitrogen and oxygen atoms in total. The first kappa shape index (κ1) is 17.8. The van der Waals surface area contributed by atoms with Gasteiger partial charge in [-0.2, -0.15) is 0 Å². The van der Waals surface area contributed by atoms with Crippen LogP contribution in [-0.4, -0.2) is 24.1 Å². The van der Waals surface area contributed by atoms with Crippen LogP contribution in [0.2, 0.25) is 5.02 Å². The fourth-order valence-electron chi connectivity index (χ4n) is 1.76. The van der Waals surface area contributed by atoms with Crippen LogP contribution < -0.4 is 15.4 Å². The van der Waals surface area contributed by atoms with Crippen LogP contribution in [0.15, 0.2) is 18.2 Å². The first-order valence-electron chi connectivity index (χ1n) is 7.13. The molecule has 1 aromatic carbocycles. The van der Waals surface area contributed by atoms with E-state index in [1.165, 1.54) is 0 Å². The quantitative estimate of drug-likeness (QED) is 0.848. The average Bonchev–Trinajstić information content (AvgIpc) is 2.32. The molecule has 0 aliphatic rings. The topological polar surface area (TPSA) is 50.4 Å². The van der Waals surface area contributed by atoms with Crippen LogP contribution >= 0.6 is 11.6 Å². The molecule has 118 valence electrons. The molecular weight excluding hydrogens is 288 g/mol. The van der Waals surface area contributed by atoms with Crippen LogP contribution in [0, 0.1) is 0 Å². The highest BCUT2D eigenvalue weighted by Gasteiger charge is 2.16. The molecule has 0 saturated carbocycles. The zero-order valence-electron chi connectivity index (χ0n) is 13.4. The fraction of sp³-hybridized carbons (Fsp3) is 0.562. The number of carbonyl (C=O) groups is 1. The lowest BCUT2D eigenvalue weighted by Crippen LogP contribution is -2.43. The summed E-state index contributed by atoms with van der Waals surface area (Å²) in [4.78, 5) is 11.8. The molecule has 0 fully saturated rings. The van der Waals surface area contributed by atoms with E-state index < -0.39 is 0 Å². The van der Waals surface area contributed by atoms with Gasteiger partial charge in [-0.25, -0.2) is 0 Å². The van der Waals surface area contributed by atoms with E-state index in [-0.39, 0.29) is 18.1 Å². The highest BCUT2D eigenvalue weighted by molar-refractivity contribution is 6.32. The van der Waals surface area contributed by atoms with Crippen LogP contribution in [0.1, 0.15) is 40.2 Å². The molecular formula is C16H25ClN2O2. The third-order valence-corrected chi connectivity index (χ3v) is 2.91. The smallest absolute Gasteiger partial charge is 0.258 e. The van der Waals surface area contributed by atoms with Crippen molar-refractivity contribution in [3.8, 4) is 5.75 Å². The number of hydrogen-bond donors (Lipinski definition) is 2. The molecule has 21 heavy (non-hydrogen) atoms. The zero-order valence-corrected chi connectivity index (χ0v) is 14.2. The molecule has 2 N–H and O–H groups in total. The summed E-state index contributed by atoms with van der Waals surface area (Å²) in [6, 6.07) is 5.94. The van der Waals surface area contributed by atoms with Crippen molar-refractivity contribution in [3.63, 3.8) is 0 Å². The minimum atomic E-state index is -0.275. The zero-order chi connectivity index (χ0) is 16.0. The van der Waals surface area contributed by atoms with Gasteiger partial charge in [0.1, 0.15) is 5.75 Å². The number of carbonyl (C=O) groups excluding carboxylic acids is 1. The maximum atomic E-state index is 11.8. The summed E-state index contributed by atoms with van der Waals surface area (Å²) < 4.78 is 5.62. The van der Waals surface area contributed by atoms with Crippen LogP contribution in [0.5, 0.6) is 5.75 Å². The molecule has 0 radical (unpaired) electrons. The summed E-state index contributed by atoms with van der Waals surface area (Å²) in [6.45, 7) is 10.5. The van der Waals surface area contributed by atoms with Gasteiger partial charge in [0, 0.05) is 23.7 Å². The maximum Gasteiger partial charge on any atom is 0.258 e. The predicted molar refractivity (Wildman–Crippen MR) is 86.8 cm³/mol. The predicted octanol–water partition coefficient (Wildman–Crippen LogP) is 3.13. The lowest BCUT2D eigenvalue weighted by molar-refractivity contribution is -0.124. The van der Waals surface area contributed by atoms with Crippen molar-refractivity contribution >= 4 is 17.5 Å². The van der Waals surface area contributed by atoms with Crippen molar-refractivity contribution in [2.75, 3.05) is 6.61 Å². The van der Waals surface area contributed by atoms with Gasteiger partial charge in [-0.05, 0) is 26.8 Å². The van der Waals surface area contributed by atoms with E-state index in [9.17, 15) is 4.79 Å². The van der Waals surface area contributed by atoms with Gasteiger partial charge in [-0.1, -0.05) is 37.6 Å². The van der Waals surface area contributed by atoms with Crippen LogP contribution in [0.3, 0.4) is 0 Å². The lowest BCUT2D eigenvalue weighted by atomic mass is 10.1. The summed E-state index contributed by atoms with van der Waals surface area (Å²) >= 11 is 6.18. The molecule has 5 heteroatoms. The number of para-hydroxylation sites is 1. The monoisotopic (exact) mass is 312 g/mol. The van der Waals surface area contributed by atoms with Crippen LogP contribution in [0.4, 0.5) is 0 Å². The molecule has 0 aromatic heterocycles. The summed E-state index contributed by atoms with van der Waals surface area (Å²) in [5, 5.41) is 6.69. The molecule has 0 heterocycles. The van der Waals surface area contributed by atoms with Crippen molar-refractivity contribution in [2.45, 2.75) is 52.7 Å². The van der Waals surface area contributed by atoms with Crippen LogP contribution in [0.25, 0.3) is 0 Å². The van der Waals surface area contributed by atoms with E-state index in [4.69, 9.17) is 16.3 Å². The molecule has 1 rings (SSSR count). The number of hydrogen-bond acceptors (Lipinski definition) is 3. The van der Waals surface area contributed by atoms with E-state index in [1.807, 2.05) is 32.9 Å². The Hall–Kier alpha value is -1.26. The molecule has 0 aliphatic heterocycles. The van der Waals surface area contributed by atoms with Crippen molar-refractivity contribution in [1.82, 2.24) is 10.6 Å². The van der Waals surface area contributed by atoms with E-state index in [1.54, 1.807) is 6.07 Å². The van der Waals surface area contributed by atoms with Crippen molar-refractivity contribution in [1.29, 1.82) is 0 Å². The Balaban J connectivity index is 2.71. The van der Waals surface area contributed by atoms with E-state index in [2.05, 4.69) is 24.5 Å². The van der Waals surface area contributed by atoms with Crippen LogP contribution in [-0.2, 0) is 11.3 Å². The van der Waals surface area contributed by atoms with Gasteiger partial charge in [-0.15, -0.1) is 0 Å². The second kappa shape index (κ2) is 7.66. The Morgan fingerprint density at radius 1 is 1.33 bits per heavy atom. The second-order valence-electron chi connectivity index (χ2n) is 6.35.